The fourth-order valence-corrected chi connectivity index (χ4v) is 9.27. The third-order valence-electron chi connectivity index (χ3n) is 11.7. The fourth-order valence-electron chi connectivity index (χ4n) is 9.06. The van der Waals surface area contributed by atoms with Crippen molar-refractivity contribution in [1.29, 1.82) is 10.7 Å². The zero-order valence-corrected chi connectivity index (χ0v) is 34.5. The van der Waals surface area contributed by atoms with Crippen molar-refractivity contribution in [2.24, 2.45) is 22.5 Å². The molecular weight excluding hydrogens is 758 g/mol. The molecule has 4 aliphatic rings. The third kappa shape index (κ3) is 10.00. The summed E-state index contributed by atoms with van der Waals surface area (Å²) in [5, 5.41) is 22.3. The van der Waals surface area contributed by atoms with Gasteiger partial charge in [-0.05, 0) is 80.1 Å². The number of halogens is 1. The highest BCUT2D eigenvalue weighted by Gasteiger charge is 2.54. The molecule has 0 bridgehead atoms. The number of hydrogen-bond acceptors (Lipinski definition) is 10. The molecule has 0 radical (unpaired) electrons. The molecule has 7 rings (SSSR count). The minimum absolute atomic E-state index is 0.0161. The van der Waals surface area contributed by atoms with E-state index in [4.69, 9.17) is 32.7 Å². The van der Waals surface area contributed by atoms with Crippen LogP contribution in [-0.2, 0) is 9.59 Å². The molecule has 5 N–H and O–H groups in total. The lowest BCUT2D eigenvalue weighted by Crippen LogP contribution is -2.58. The van der Waals surface area contributed by atoms with Gasteiger partial charge in [0.2, 0.25) is 17.7 Å². The van der Waals surface area contributed by atoms with Crippen LogP contribution in [0.25, 0.3) is 0 Å². The van der Waals surface area contributed by atoms with Gasteiger partial charge in [0, 0.05) is 86.6 Å². The molecule has 4 fully saturated rings. The number of carbonyl (C=O) groups is 4. The molecule has 1 saturated carbocycles. The Morgan fingerprint density at radius 3 is 2.16 bits per heavy atom. The SMILES string of the molecule is CC1(C)CC(C)(C)C1Oc1ccc(C#N)c(Cl)c1.N=c1ccc(N2CCN(CC3CCN(c4ccc(C(N)=O)cc4)CC3)CC2)cn1C(=O)NC1CCC(=O)NC1=O. The van der Waals surface area contributed by atoms with Crippen molar-refractivity contribution in [3.05, 3.63) is 82.4 Å². The van der Waals surface area contributed by atoms with Gasteiger partial charge in [-0.3, -0.25) is 34.6 Å². The molecule has 3 aliphatic heterocycles. The molecule has 3 saturated heterocycles. The van der Waals surface area contributed by atoms with E-state index in [1.165, 1.54) is 4.57 Å². The molecule has 3 aromatic rings. The summed E-state index contributed by atoms with van der Waals surface area (Å²) in [6.07, 6.45) is 5.61. The zero-order valence-electron chi connectivity index (χ0n) is 33.7. The van der Waals surface area contributed by atoms with E-state index in [1.54, 1.807) is 36.5 Å². The molecule has 15 heteroatoms. The average Bonchev–Trinajstić information content (AvgIpc) is 3.19. The lowest BCUT2D eigenvalue weighted by molar-refractivity contribution is -0.134. The largest absolute Gasteiger partial charge is 0.489 e. The Morgan fingerprint density at radius 1 is 0.931 bits per heavy atom. The van der Waals surface area contributed by atoms with Crippen LogP contribution in [0.15, 0.2) is 60.8 Å². The molecule has 4 amide bonds. The van der Waals surface area contributed by atoms with Gasteiger partial charge in [0.1, 0.15) is 29.5 Å². The van der Waals surface area contributed by atoms with Crippen molar-refractivity contribution in [2.75, 3.05) is 55.6 Å². The van der Waals surface area contributed by atoms with Gasteiger partial charge in [-0.1, -0.05) is 39.3 Å². The van der Waals surface area contributed by atoms with Crippen LogP contribution in [0.2, 0.25) is 5.02 Å². The van der Waals surface area contributed by atoms with Gasteiger partial charge in [-0.2, -0.15) is 5.26 Å². The normalized spacial score (nSPS) is 20.8. The number of benzene rings is 2. The summed E-state index contributed by atoms with van der Waals surface area (Å²) in [7, 11) is 0. The maximum absolute atomic E-state index is 12.8. The number of primary amides is 1. The van der Waals surface area contributed by atoms with Crippen LogP contribution in [0.3, 0.4) is 0 Å². The predicted molar refractivity (Wildman–Crippen MR) is 222 cm³/mol. The summed E-state index contributed by atoms with van der Waals surface area (Å²) in [4.78, 5) is 54.6. The van der Waals surface area contributed by atoms with Gasteiger partial charge in [0.15, 0.2) is 0 Å². The number of nitrogens with two attached hydrogens (primary N) is 1. The Balaban J connectivity index is 0.000000263. The second-order valence-corrected chi connectivity index (χ2v) is 17.5. The summed E-state index contributed by atoms with van der Waals surface area (Å²) in [5.74, 6) is 0.101. The van der Waals surface area contributed by atoms with Crippen LogP contribution in [-0.4, -0.2) is 91.2 Å². The lowest BCUT2D eigenvalue weighted by atomic mass is 9.53. The predicted octanol–water partition coefficient (Wildman–Crippen LogP) is 4.88. The van der Waals surface area contributed by atoms with Gasteiger partial charge >= 0.3 is 6.03 Å². The first-order valence-corrected chi connectivity index (χ1v) is 20.3. The van der Waals surface area contributed by atoms with Crippen LogP contribution in [0.1, 0.15) is 75.7 Å². The summed E-state index contributed by atoms with van der Waals surface area (Å²) in [6, 6.07) is 16.9. The first-order chi connectivity index (χ1) is 27.5. The van der Waals surface area contributed by atoms with E-state index in [1.807, 2.05) is 30.3 Å². The highest BCUT2D eigenvalue weighted by molar-refractivity contribution is 6.31. The van der Waals surface area contributed by atoms with Crippen molar-refractivity contribution < 1.29 is 23.9 Å². The van der Waals surface area contributed by atoms with Crippen LogP contribution < -0.4 is 36.4 Å². The second-order valence-electron chi connectivity index (χ2n) is 17.1. The summed E-state index contributed by atoms with van der Waals surface area (Å²) < 4.78 is 7.28. The standard InChI is InChI=1S/C28H36N8O4.C15H18ClNO/c29-24-7-5-22(18-36(24)28(40)31-23-6-8-25(37)32-27(23)39)35-15-13-33(14-16-35)17-19-9-11-34(12-10-19)21-3-1-20(2-4-21)26(30)38;1-14(2)9-15(3,4)13(14)18-11-6-5-10(8-17)12(16)7-11/h1-5,7,18-19,23,29H,6,8-17H2,(H2,30,38)(H,31,40)(H,32,37,39);5-7,13H,9H2,1-4H3. The van der Waals surface area contributed by atoms with E-state index in [0.717, 1.165) is 82.2 Å². The number of amides is 4. The molecule has 4 heterocycles. The van der Waals surface area contributed by atoms with E-state index < -0.39 is 23.9 Å². The molecule has 2 aromatic carbocycles. The number of anilines is 2. The number of rotatable bonds is 8. The maximum Gasteiger partial charge on any atom is 0.327 e. The molecule has 1 unspecified atom stereocenters. The molecular formula is C43H54ClN9O5. The Labute approximate surface area is 344 Å². The number of piperazine rings is 1. The number of pyridine rings is 1. The first-order valence-electron chi connectivity index (χ1n) is 19.9. The highest BCUT2D eigenvalue weighted by Crippen LogP contribution is 2.55. The number of imide groups is 1. The smallest absolute Gasteiger partial charge is 0.327 e. The van der Waals surface area contributed by atoms with Gasteiger partial charge in [0.25, 0.3) is 0 Å². The molecule has 1 aromatic heterocycles. The van der Waals surface area contributed by atoms with E-state index >= 15 is 0 Å². The monoisotopic (exact) mass is 811 g/mol. The minimum Gasteiger partial charge on any atom is -0.489 e. The number of nitrogens with zero attached hydrogens (tertiary/aromatic N) is 5. The molecule has 308 valence electrons. The summed E-state index contributed by atoms with van der Waals surface area (Å²) in [5.41, 5.74) is 8.72. The van der Waals surface area contributed by atoms with Gasteiger partial charge in [0.05, 0.1) is 16.3 Å². The molecule has 0 spiro atoms. The highest BCUT2D eigenvalue weighted by atomic mass is 35.5. The molecule has 1 aliphatic carbocycles. The maximum atomic E-state index is 12.8. The molecule has 1 atom stereocenters. The lowest BCUT2D eigenvalue weighted by Gasteiger charge is -2.56. The van der Waals surface area contributed by atoms with Crippen molar-refractivity contribution in [3.63, 3.8) is 0 Å². The first kappa shape index (κ1) is 42.2. The molecule has 58 heavy (non-hydrogen) atoms. The Morgan fingerprint density at radius 2 is 1.57 bits per heavy atom. The van der Waals surface area contributed by atoms with Crippen molar-refractivity contribution in [1.82, 2.24) is 20.1 Å². The Bertz CT molecular complexity index is 2100. The molecule has 14 nitrogen and oxygen atoms in total. The quantitative estimate of drug-likeness (QED) is 0.230. The van der Waals surface area contributed by atoms with Gasteiger partial charge in [-0.25, -0.2) is 4.79 Å². The van der Waals surface area contributed by atoms with Crippen molar-refractivity contribution >= 4 is 46.7 Å². The average molecular weight is 812 g/mol. The van der Waals surface area contributed by atoms with Crippen molar-refractivity contribution in [3.8, 4) is 11.8 Å². The number of piperidine rings is 2. The number of hydrogen-bond donors (Lipinski definition) is 4. The second kappa shape index (κ2) is 17.6. The number of nitriles is 1. The van der Waals surface area contributed by atoms with Crippen LogP contribution in [0.4, 0.5) is 16.2 Å². The van der Waals surface area contributed by atoms with E-state index in [0.29, 0.717) is 22.1 Å². The third-order valence-corrected chi connectivity index (χ3v) is 12.0. The summed E-state index contributed by atoms with van der Waals surface area (Å²) >= 11 is 6.01. The van der Waals surface area contributed by atoms with Gasteiger partial charge < -0.3 is 25.6 Å². The van der Waals surface area contributed by atoms with E-state index in [9.17, 15) is 19.2 Å². The number of nitrogens with one attached hydrogen (secondary N) is 3. The summed E-state index contributed by atoms with van der Waals surface area (Å²) in [6.45, 7) is 15.4. The Kier molecular flexibility index (Phi) is 12.8. The minimum atomic E-state index is -0.793. The Hall–Kier alpha value is -5.39. The van der Waals surface area contributed by atoms with Gasteiger partial charge in [-0.15, -0.1) is 0 Å². The number of carbonyl (C=O) groups excluding carboxylic acids is 4. The van der Waals surface area contributed by atoms with Crippen LogP contribution in [0, 0.1) is 33.5 Å². The number of ether oxygens (including phenoxy) is 1. The fraction of sp³-hybridized carbons (Fsp3) is 0.488. The zero-order chi connectivity index (χ0) is 41.8. The van der Waals surface area contributed by atoms with Crippen molar-refractivity contribution in [2.45, 2.75) is 71.9 Å². The van der Waals surface area contributed by atoms with Crippen LogP contribution in [0.5, 0.6) is 5.75 Å². The van der Waals surface area contributed by atoms with E-state index in [2.05, 4.69) is 53.0 Å². The van der Waals surface area contributed by atoms with E-state index in [-0.39, 0.29) is 41.2 Å². The number of aromatic nitrogens is 1. The van der Waals surface area contributed by atoms with Crippen LogP contribution >= 0.6 is 11.6 Å². The topological polar surface area (TPSA) is 190 Å².